The molecule has 98 valence electrons. The Morgan fingerprint density at radius 1 is 1.21 bits per heavy atom. The molecule has 1 amide bonds. The first-order valence-electron chi connectivity index (χ1n) is 5.91. The van der Waals surface area contributed by atoms with E-state index >= 15 is 0 Å². The van der Waals surface area contributed by atoms with Crippen LogP contribution in [0.2, 0.25) is 0 Å². The van der Waals surface area contributed by atoms with Crippen molar-refractivity contribution >= 4 is 11.6 Å². The topological polar surface area (TPSA) is 88.0 Å². The molecule has 5 heteroatoms. The maximum Gasteiger partial charge on any atom is 0.253 e. The Bertz CT molecular complexity index is 611. The molecule has 0 aliphatic rings. The predicted octanol–water partition coefficient (Wildman–Crippen LogP) is 1.45. The Kier molecular flexibility index (Phi) is 3.66. The van der Waals surface area contributed by atoms with E-state index in [2.05, 4.69) is 10.3 Å². The number of aromatic amines is 1. The number of amides is 1. The Hall–Kier alpha value is -2.56. The second-order valence-electron chi connectivity index (χ2n) is 4.30. The molecule has 5 nitrogen and oxygen atoms in total. The van der Waals surface area contributed by atoms with Crippen molar-refractivity contribution in [1.82, 2.24) is 10.3 Å². The molecule has 1 aromatic heterocycles. The Balaban J connectivity index is 2.08. The van der Waals surface area contributed by atoms with Gasteiger partial charge in [-0.15, -0.1) is 0 Å². The first-order valence-corrected chi connectivity index (χ1v) is 5.91. The summed E-state index contributed by atoms with van der Waals surface area (Å²) in [7, 11) is 0. The lowest BCUT2D eigenvalue weighted by molar-refractivity contribution is 0.0939. The molecule has 1 atom stereocenters. The number of aromatic nitrogens is 1. The van der Waals surface area contributed by atoms with E-state index in [9.17, 15) is 9.59 Å². The van der Waals surface area contributed by atoms with Gasteiger partial charge in [-0.3, -0.25) is 9.59 Å². The minimum absolute atomic E-state index is 0.139. The largest absolute Gasteiger partial charge is 0.399 e. The highest BCUT2D eigenvalue weighted by Crippen LogP contribution is 2.14. The Morgan fingerprint density at radius 2 is 1.89 bits per heavy atom. The monoisotopic (exact) mass is 257 g/mol. The molecule has 1 heterocycles. The van der Waals surface area contributed by atoms with E-state index in [1.165, 1.54) is 18.3 Å². The van der Waals surface area contributed by atoms with Gasteiger partial charge in [-0.1, -0.05) is 12.1 Å². The molecule has 1 aromatic carbocycles. The van der Waals surface area contributed by atoms with Crippen molar-refractivity contribution in [3.63, 3.8) is 0 Å². The average Bonchev–Trinajstić information content (AvgIpc) is 2.40. The number of hydrogen-bond donors (Lipinski definition) is 3. The van der Waals surface area contributed by atoms with Crippen LogP contribution in [0, 0.1) is 0 Å². The van der Waals surface area contributed by atoms with Gasteiger partial charge in [0.2, 0.25) is 5.56 Å². The van der Waals surface area contributed by atoms with Gasteiger partial charge in [-0.25, -0.2) is 0 Å². The summed E-state index contributed by atoms with van der Waals surface area (Å²) in [5, 5.41) is 2.85. The van der Waals surface area contributed by atoms with Crippen molar-refractivity contribution in [3.05, 3.63) is 64.1 Å². The lowest BCUT2D eigenvalue weighted by Gasteiger charge is -2.14. The van der Waals surface area contributed by atoms with E-state index in [-0.39, 0.29) is 17.5 Å². The molecule has 0 aliphatic heterocycles. The lowest BCUT2D eigenvalue weighted by atomic mass is 10.1. The maximum absolute atomic E-state index is 11.9. The molecule has 0 aliphatic carbocycles. The van der Waals surface area contributed by atoms with Gasteiger partial charge in [-0.2, -0.15) is 0 Å². The van der Waals surface area contributed by atoms with Crippen LogP contribution in [0.5, 0.6) is 0 Å². The maximum atomic E-state index is 11.9. The van der Waals surface area contributed by atoms with Gasteiger partial charge in [0.25, 0.3) is 5.91 Å². The molecule has 0 bridgehead atoms. The zero-order valence-electron chi connectivity index (χ0n) is 10.5. The smallest absolute Gasteiger partial charge is 0.253 e. The third-order valence-corrected chi connectivity index (χ3v) is 2.83. The fourth-order valence-corrected chi connectivity index (χ4v) is 1.70. The van der Waals surface area contributed by atoms with Gasteiger partial charge in [0.1, 0.15) is 0 Å². The molecule has 4 N–H and O–H groups in total. The summed E-state index contributed by atoms with van der Waals surface area (Å²) in [6.45, 7) is 1.88. The van der Waals surface area contributed by atoms with Crippen molar-refractivity contribution in [2.24, 2.45) is 0 Å². The number of hydrogen-bond acceptors (Lipinski definition) is 3. The van der Waals surface area contributed by atoms with Crippen LogP contribution >= 0.6 is 0 Å². The van der Waals surface area contributed by atoms with Crippen molar-refractivity contribution in [2.75, 3.05) is 5.73 Å². The summed E-state index contributed by atoms with van der Waals surface area (Å²) in [5.41, 5.74) is 7.45. The molecular weight excluding hydrogens is 242 g/mol. The standard InChI is InChI=1S/C14H15N3O2/c1-9(10-2-5-12(15)6-3-10)17-14(19)11-4-7-13(18)16-8-11/h2-9H,15H2,1H3,(H,16,18)(H,17,19). The number of nitrogens with two attached hydrogens (primary N) is 1. The van der Waals surface area contributed by atoms with Crippen molar-refractivity contribution in [3.8, 4) is 0 Å². The summed E-state index contributed by atoms with van der Waals surface area (Å²) in [6.07, 6.45) is 1.40. The number of H-pyrrole nitrogens is 1. The highest BCUT2D eigenvalue weighted by Gasteiger charge is 2.11. The van der Waals surface area contributed by atoms with Crippen LogP contribution in [0.4, 0.5) is 5.69 Å². The van der Waals surface area contributed by atoms with E-state index in [1.54, 1.807) is 12.1 Å². The van der Waals surface area contributed by atoms with Crippen molar-refractivity contribution < 1.29 is 4.79 Å². The Labute approximate surface area is 110 Å². The van der Waals surface area contributed by atoms with E-state index in [1.807, 2.05) is 19.1 Å². The van der Waals surface area contributed by atoms with Gasteiger partial charge in [0.05, 0.1) is 11.6 Å². The quantitative estimate of drug-likeness (QED) is 0.727. The number of carbonyl (C=O) groups excluding carboxylic acids is 1. The normalized spacial score (nSPS) is 11.8. The fourth-order valence-electron chi connectivity index (χ4n) is 1.70. The number of nitrogens with one attached hydrogen (secondary N) is 2. The molecule has 0 radical (unpaired) electrons. The number of rotatable bonds is 3. The van der Waals surface area contributed by atoms with Gasteiger partial charge in [0, 0.05) is 18.0 Å². The van der Waals surface area contributed by atoms with E-state index < -0.39 is 0 Å². The molecule has 0 saturated carbocycles. The third kappa shape index (κ3) is 3.22. The number of nitrogen functional groups attached to an aromatic ring is 1. The first-order chi connectivity index (χ1) is 9.06. The summed E-state index contributed by atoms with van der Waals surface area (Å²) < 4.78 is 0. The number of benzene rings is 1. The summed E-state index contributed by atoms with van der Waals surface area (Å²) in [6, 6.07) is 9.99. The predicted molar refractivity (Wildman–Crippen MR) is 73.8 cm³/mol. The number of anilines is 1. The molecular formula is C14H15N3O2. The van der Waals surface area contributed by atoms with E-state index in [0.29, 0.717) is 11.3 Å². The Morgan fingerprint density at radius 3 is 2.47 bits per heavy atom. The van der Waals surface area contributed by atoms with Crippen LogP contribution in [-0.2, 0) is 0 Å². The lowest BCUT2D eigenvalue weighted by Crippen LogP contribution is -2.27. The molecule has 0 saturated heterocycles. The van der Waals surface area contributed by atoms with Gasteiger partial charge in [-0.05, 0) is 30.7 Å². The zero-order chi connectivity index (χ0) is 13.8. The van der Waals surface area contributed by atoms with Crippen LogP contribution in [0.3, 0.4) is 0 Å². The summed E-state index contributed by atoms with van der Waals surface area (Å²) in [5.74, 6) is -0.236. The van der Waals surface area contributed by atoms with Gasteiger partial charge < -0.3 is 16.0 Å². The molecule has 2 aromatic rings. The fraction of sp³-hybridized carbons (Fsp3) is 0.143. The van der Waals surface area contributed by atoms with Gasteiger partial charge in [0.15, 0.2) is 0 Å². The first kappa shape index (κ1) is 12.9. The van der Waals surface area contributed by atoms with Crippen molar-refractivity contribution in [2.45, 2.75) is 13.0 Å². The van der Waals surface area contributed by atoms with E-state index in [4.69, 9.17) is 5.73 Å². The van der Waals surface area contributed by atoms with Gasteiger partial charge >= 0.3 is 0 Å². The van der Waals surface area contributed by atoms with Crippen molar-refractivity contribution in [1.29, 1.82) is 0 Å². The van der Waals surface area contributed by atoms with Crippen LogP contribution in [0.15, 0.2) is 47.4 Å². The van der Waals surface area contributed by atoms with Crippen LogP contribution in [0.1, 0.15) is 28.9 Å². The zero-order valence-corrected chi connectivity index (χ0v) is 10.5. The van der Waals surface area contributed by atoms with E-state index in [0.717, 1.165) is 5.56 Å². The van der Waals surface area contributed by atoms with Crippen LogP contribution in [-0.4, -0.2) is 10.9 Å². The molecule has 1 unspecified atom stereocenters. The SMILES string of the molecule is CC(NC(=O)c1ccc(=O)[nH]c1)c1ccc(N)cc1. The molecule has 19 heavy (non-hydrogen) atoms. The number of carbonyl (C=O) groups is 1. The molecule has 2 rings (SSSR count). The van der Waals surface area contributed by atoms with Crippen LogP contribution in [0.25, 0.3) is 0 Å². The minimum atomic E-state index is -0.236. The second-order valence-corrected chi connectivity index (χ2v) is 4.30. The minimum Gasteiger partial charge on any atom is -0.399 e. The average molecular weight is 257 g/mol. The second kappa shape index (κ2) is 5.39. The molecule has 0 fully saturated rings. The third-order valence-electron chi connectivity index (χ3n) is 2.83. The summed E-state index contributed by atoms with van der Waals surface area (Å²) in [4.78, 5) is 25.3. The summed E-state index contributed by atoms with van der Waals surface area (Å²) >= 11 is 0. The van der Waals surface area contributed by atoms with Crippen LogP contribution < -0.4 is 16.6 Å². The highest BCUT2D eigenvalue weighted by atomic mass is 16.2. The highest BCUT2D eigenvalue weighted by molar-refractivity contribution is 5.94. The molecule has 0 spiro atoms. The number of pyridine rings is 1.